The van der Waals surface area contributed by atoms with E-state index in [1.807, 2.05) is 0 Å². The Labute approximate surface area is 107 Å². The SMILES string of the molecule is O=S(=O)(CC1CCNCC1)NCCc1ncn[nH]1. The minimum atomic E-state index is -3.17. The lowest BCUT2D eigenvalue weighted by Gasteiger charge is -2.22. The fourth-order valence-corrected chi connectivity index (χ4v) is 3.58. The van der Waals surface area contributed by atoms with Crippen molar-refractivity contribution in [1.29, 1.82) is 0 Å². The van der Waals surface area contributed by atoms with Crippen molar-refractivity contribution in [1.82, 2.24) is 25.2 Å². The van der Waals surface area contributed by atoms with E-state index in [1.54, 1.807) is 0 Å². The lowest BCUT2D eigenvalue weighted by molar-refractivity contribution is 0.400. The number of piperidine rings is 1. The number of hydrogen-bond donors (Lipinski definition) is 3. The summed E-state index contributed by atoms with van der Waals surface area (Å²) in [5.74, 6) is 1.19. The normalized spacial score (nSPS) is 18.0. The zero-order valence-electron chi connectivity index (χ0n) is 10.2. The van der Waals surface area contributed by atoms with Crippen LogP contribution in [0.25, 0.3) is 0 Å². The second kappa shape index (κ2) is 6.26. The Bertz CT molecular complexity index is 439. The average Bonchev–Trinajstić information content (AvgIpc) is 2.82. The number of hydrogen-bond acceptors (Lipinski definition) is 5. The zero-order valence-corrected chi connectivity index (χ0v) is 11.0. The van der Waals surface area contributed by atoms with Gasteiger partial charge in [-0.3, -0.25) is 5.10 Å². The van der Waals surface area contributed by atoms with Crippen molar-refractivity contribution in [2.75, 3.05) is 25.4 Å². The Morgan fingerprint density at radius 3 is 2.83 bits per heavy atom. The van der Waals surface area contributed by atoms with Crippen molar-refractivity contribution < 1.29 is 8.42 Å². The molecule has 1 aromatic heterocycles. The summed E-state index contributed by atoms with van der Waals surface area (Å²) in [4.78, 5) is 3.94. The molecule has 0 atom stereocenters. The first-order valence-corrected chi connectivity index (χ1v) is 7.83. The number of nitrogens with one attached hydrogen (secondary N) is 3. The van der Waals surface area contributed by atoms with Gasteiger partial charge in [0.1, 0.15) is 12.2 Å². The summed E-state index contributed by atoms with van der Waals surface area (Å²) in [6.07, 6.45) is 3.82. The molecule has 0 bridgehead atoms. The Morgan fingerprint density at radius 2 is 2.17 bits per heavy atom. The molecule has 0 saturated carbocycles. The van der Waals surface area contributed by atoms with Crippen LogP contribution in [-0.4, -0.2) is 49.0 Å². The van der Waals surface area contributed by atoms with E-state index in [9.17, 15) is 8.42 Å². The van der Waals surface area contributed by atoms with Crippen molar-refractivity contribution in [2.45, 2.75) is 19.3 Å². The van der Waals surface area contributed by atoms with Crippen molar-refractivity contribution in [3.63, 3.8) is 0 Å². The average molecular weight is 273 g/mol. The highest BCUT2D eigenvalue weighted by molar-refractivity contribution is 7.89. The van der Waals surface area contributed by atoms with Gasteiger partial charge in [0, 0.05) is 13.0 Å². The Balaban J connectivity index is 1.73. The van der Waals surface area contributed by atoms with Gasteiger partial charge in [-0.2, -0.15) is 5.10 Å². The molecule has 1 aliphatic heterocycles. The van der Waals surface area contributed by atoms with Crippen LogP contribution in [0.5, 0.6) is 0 Å². The third kappa shape index (κ3) is 4.35. The van der Waals surface area contributed by atoms with E-state index in [0.29, 0.717) is 18.8 Å². The lowest BCUT2D eigenvalue weighted by atomic mass is 10.0. The first kappa shape index (κ1) is 13.4. The summed E-state index contributed by atoms with van der Waals surface area (Å²) in [7, 11) is -3.17. The van der Waals surface area contributed by atoms with E-state index in [1.165, 1.54) is 6.33 Å². The molecular formula is C10H19N5O2S. The van der Waals surface area contributed by atoms with Crippen LogP contribution in [0, 0.1) is 5.92 Å². The Hall–Kier alpha value is -0.990. The minimum Gasteiger partial charge on any atom is -0.317 e. The highest BCUT2D eigenvalue weighted by Crippen LogP contribution is 2.13. The molecule has 1 fully saturated rings. The quantitative estimate of drug-likeness (QED) is 0.634. The maximum absolute atomic E-state index is 11.8. The van der Waals surface area contributed by atoms with E-state index < -0.39 is 10.0 Å². The molecule has 102 valence electrons. The molecule has 1 saturated heterocycles. The van der Waals surface area contributed by atoms with Crippen LogP contribution in [0.3, 0.4) is 0 Å². The summed E-state index contributed by atoms with van der Waals surface area (Å²) in [5.41, 5.74) is 0. The topological polar surface area (TPSA) is 99.8 Å². The van der Waals surface area contributed by atoms with E-state index >= 15 is 0 Å². The number of sulfonamides is 1. The molecule has 18 heavy (non-hydrogen) atoms. The van der Waals surface area contributed by atoms with Gasteiger partial charge < -0.3 is 5.32 Å². The summed E-state index contributed by atoms with van der Waals surface area (Å²) < 4.78 is 26.3. The summed E-state index contributed by atoms with van der Waals surface area (Å²) in [6.45, 7) is 2.19. The predicted octanol–water partition coefficient (Wildman–Crippen LogP) is -0.734. The summed E-state index contributed by atoms with van der Waals surface area (Å²) in [6, 6.07) is 0. The van der Waals surface area contributed by atoms with Gasteiger partial charge in [-0.25, -0.2) is 18.1 Å². The number of H-pyrrole nitrogens is 1. The molecule has 7 nitrogen and oxygen atoms in total. The van der Waals surface area contributed by atoms with Crippen LogP contribution in [0.4, 0.5) is 0 Å². The van der Waals surface area contributed by atoms with Gasteiger partial charge in [0.05, 0.1) is 5.75 Å². The van der Waals surface area contributed by atoms with Crippen molar-refractivity contribution >= 4 is 10.0 Å². The van der Waals surface area contributed by atoms with Gasteiger partial charge in [0.15, 0.2) is 0 Å². The van der Waals surface area contributed by atoms with Gasteiger partial charge in [0.25, 0.3) is 0 Å². The summed E-state index contributed by atoms with van der Waals surface area (Å²) >= 11 is 0. The monoisotopic (exact) mass is 273 g/mol. The number of aromatic amines is 1. The first-order valence-electron chi connectivity index (χ1n) is 6.18. The van der Waals surface area contributed by atoms with Gasteiger partial charge in [0.2, 0.25) is 10.0 Å². The van der Waals surface area contributed by atoms with Crippen molar-refractivity contribution in [2.24, 2.45) is 5.92 Å². The third-order valence-corrected chi connectivity index (χ3v) is 4.62. The van der Waals surface area contributed by atoms with E-state index in [0.717, 1.165) is 25.9 Å². The van der Waals surface area contributed by atoms with Gasteiger partial charge >= 0.3 is 0 Å². The van der Waals surface area contributed by atoms with Crippen molar-refractivity contribution in [3.05, 3.63) is 12.2 Å². The molecule has 3 N–H and O–H groups in total. The highest BCUT2D eigenvalue weighted by Gasteiger charge is 2.20. The molecule has 2 rings (SSSR count). The standard InChI is InChI=1S/C10H19N5O2S/c16-18(17,7-9-1-4-11-5-2-9)14-6-3-10-12-8-13-15-10/h8-9,11,14H,1-7H2,(H,12,13,15). The second-order valence-corrected chi connectivity index (χ2v) is 6.40. The number of nitrogens with zero attached hydrogens (tertiary/aromatic N) is 2. The molecule has 8 heteroatoms. The molecular weight excluding hydrogens is 254 g/mol. The van der Waals surface area contributed by atoms with Gasteiger partial charge in [-0.15, -0.1) is 0 Å². The molecule has 2 heterocycles. The third-order valence-electron chi connectivity index (χ3n) is 3.06. The predicted molar refractivity (Wildman–Crippen MR) is 67.5 cm³/mol. The van der Waals surface area contributed by atoms with Gasteiger partial charge in [-0.1, -0.05) is 0 Å². The van der Waals surface area contributed by atoms with Gasteiger partial charge in [-0.05, 0) is 31.8 Å². The van der Waals surface area contributed by atoms with Crippen LogP contribution in [0.2, 0.25) is 0 Å². The zero-order chi connectivity index (χ0) is 12.8. The minimum absolute atomic E-state index is 0.227. The molecule has 0 spiro atoms. The molecule has 0 amide bonds. The fraction of sp³-hybridized carbons (Fsp3) is 0.800. The maximum Gasteiger partial charge on any atom is 0.211 e. The summed E-state index contributed by atoms with van der Waals surface area (Å²) in [5, 5.41) is 9.64. The lowest BCUT2D eigenvalue weighted by Crippen LogP contribution is -2.36. The molecule has 1 aliphatic rings. The van der Waals surface area contributed by atoms with Crippen LogP contribution in [0.1, 0.15) is 18.7 Å². The van der Waals surface area contributed by atoms with Crippen LogP contribution in [-0.2, 0) is 16.4 Å². The van der Waals surface area contributed by atoms with Crippen LogP contribution >= 0.6 is 0 Å². The largest absolute Gasteiger partial charge is 0.317 e. The van der Waals surface area contributed by atoms with E-state index in [2.05, 4.69) is 25.2 Å². The van der Waals surface area contributed by atoms with E-state index in [4.69, 9.17) is 0 Å². The van der Waals surface area contributed by atoms with Crippen molar-refractivity contribution in [3.8, 4) is 0 Å². The van der Waals surface area contributed by atoms with Crippen LogP contribution < -0.4 is 10.0 Å². The Kier molecular flexibility index (Phi) is 4.67. The molecule has 0 radical (unpaired) electrons. The second-order valence-electron chi connectivity index (χ2n) is 4.55. The highest BCUT2D eigenvalue weighted by atomic mass is 32.2. The molecule has 1 aromatic rings. The number of aromatic nitrogens is 3. The molecule has 0 unspecified atom stereocenters. The molecule has 0 aromatic carbocycles. The number of rotatable bonds is 6. The van der Waals surface area contributed by atoms with Crippen LogP contribution in [0.15, 0.2) is 6.33 Å². The molecule has 0 aliphatic carbocycles. The van der Waals surface area contributed by atoms with E-state index in [-0.39, 0.29) is 11.7 Å². The first-order chi connectivity index (χ1) is 8.66. The maximum atomic E-state index is 11.8. The smallest absolute Gasteiger partial charge is 0.211 e. The fourth-order valence-electron chi connectivity index (χ4n) is 2.09. The Morgan fingerprint density at radius 1 is 1.39 bits per heavy atom.